The van der Waals surface area contributed by atoms with Crippen LogP contribution in [0.2, 0.25) is 0 Å². The Morgan fingerprint density at radius 1 is 1.30 bits per heavy atom. The first-order chi connectivity index (χ1) is 13.3. The second-order valence-corrected chi connectivity index (χ2v) is 8.06. The summed E-state index contributed by atoms with van der Waals surface area (Å²) < 4.78 is 7.54. The van der Waals surface area contributed by atoms with Crippen LogP contribution in [0.4, 0.5) is 0 Å². The van der Waals surface area contributed by atoms with Crippen LogP contribution in [0.3, 0.4) is 0 Å². The average molecular weight is 390 g/mol. The molecular formula is C18H27N7OS. The molecule has 146 valence electrons. The number of fused-ring (bicyclic) bond motifs is 1. The predicted octanol–water partition coefficient (Wildman–Crippen LogP) is 0.602. The minimum Gasteiger partial charge on any atom is -0.379 e. The fraction of sp³-hybridized carbons (Fsp3) is 0.611. The van der Waals surface area contributed by atoms with Gasteiger partial charge in [-0.1, -0.05) is 6.07 Å². The number of hydrogen-bond donors (Lipinski definition) is 2. The first-order valence-electron chi connectivity index (χ1n) is 9.44. The van der Waals surface area contributed by atoms with Crippen LogP contribution in [0.25, 0.3) is 5.65 Å². The number of pyridine rings is 1. The van der Waals surface area contributed by atoms with Gasteiger partial charge in [0.2, 0.25) is 0 Å². The molecule has 2 aromatic heterocycles. The molecule has 4 heterocycles. The van der Waals surface area contributed by atoms with Crippen LogP contribution in [0, 0.1) is 0 Å². The summed E-state index contributed by atoms with van der Waals surface area (Å²) in [5, 5.41) is 15.4. The highest BCUT2D eigenvalue weighted by Crippen LogP contribution is 2.33. The summed E-state index contributed by atoms with van der Waals surface area (Å²) in [7, 11) is 1.81. The Labute approximate surface area is 163 Å². The maximum absolute atomic E-state index is 5.55. The van der Waals surface area contributed by atoms with Gasteiger partial charge in [-0.3, -0.25) is 14.3 Å². The fourth-order valence-corrected chi connectivity index (χ4v) is 5.26. The van der Waals surface area contributed by atoms with Crippen LogP contribution in [0.1, 0.15) is 12.2 Å². The van der Waals surface area contributed by atoms with Crippen molar-refractivity contribution in [3.8, 4) is 0 Å². The average Bonchev–Trinajstić information content (AvgIpc) is 3.37. The highest BCUT2D eigenvalue weighted by molar-refractivity contribution is 7.99. The Morgan fingerprint density at radius 3 is 2.96 bits per heavy atom. The van der Waals surface area contributed by atoms with Gasteiger partial charge in [-0.2, -0.15) is 11.8 Å². The van der Waals surface area contributed by atoms with Crippen molar-refractivity contribution in [1.82, 2.24) is 30.1 Å². The lowest BCUT2D eigenvalue weighted by atomic mass is 9.95. The molecule has 0 bridgehead atoms. The monoisotopic (exact) mass is 389 g/mol. The summed E-state index contributed by atoms with van der Waals surface area (Å²) in [6, 6.07) is 5.90. The van der Waals surface area contributed by atoms with E-state index in [1.54, 1.807) is 0 Å². The zero-order valence-corrected chi connectivity index (χ0v) is 16.5. The van der Waals surface area contributed by atoms with Crippen molar-refractivity contribution in [3.05, 3.63) is 30.2 Å². The standard InChI is InChI=1S/C18H27N7OS/c1-19-17(20-12-16-23-22-15-4-2-3-6-25(15)16)21-13-18(5-11-27-14-18)24-7-9-26-10-8-24/h2-4,6H,5,7-14H2,1H3,(H2,19,20,21). The van der Waals surface area contributed by atoms with Crippen molar-refractivity contribution in [1.29, 1.82) is 0 Å². The molecule has 2 aliphatic heterocycles. The van der Waals surface area contributed by atoms with Gasteiger partial charge < -0.3 is 15.4 Å². The topological polar surface area (TPSA) is 79.1 Å². The Bertz CT molecular complexity index is 781. The van der Waals surface area contributed by atoms with Gasteiger partial charge in [-0.05, 0) is 24.3 Å². The highest BCUT2D eigenvalue weighted by Gasteiger charge is 2.40. The van der Waals surface area contributed by atoms with E-state index in [4.69, 9.17) is 4.74 Å². The molecule has 2 aromatic rings. The molecular weight excluding hydrogens is 362 g/mol. The molecule has 2 N–H and O–H groups in total. The molecule has 0 amide bonds. The third-order valence-corrected chi connectivity index (χ3v) is 6.61. The minimum absolute atomic E-state index is 0.188. The minimum atomic E-state index is 0.188. The van der Waals surface area contributed by atoms with E-state index in [2.05, 4.69) is 30.7 Å². The molecule has 0 aliphatic carbocycles. The lowest BCUT2D eigenvalue weighted by Gasteiger charge is -2.43. The molecule has 1 atom stereocenters. The van der Waals surface area contributed by atoms with Crippen molar-refractivity contribution in [2.75, 3.05) is 51.4 Å². The largest absolute Gasteiger partial charge is 0.379 e. The van der Waals surface area contributed by atoms with Crippen molar-refractivity contribution in [2.45, 2.75) is 18.5 Å². The van der Waals surface area contributed by atoms with Crippen LogP contribution < -0.4 is 10.6 Å². The summed E-state index contributed by atoms with van der Waals surface area (Å²) in [5.41, 5.74) is 1.04. The number of aromatic nitrogens is 3. The number of thioether (sulfide) groups is 1. The Kier molecular flexibility index (Phi) is 5.80. The number of rotatable bonds is 5. The lowest BCUT2D eigenvalue weighted by Crippen LogP contribution is -2.60. The Hall–Kier alpha value is -1.84. The zero-order chi connectivity index (χ0) is 18.5. The molecule has 2 aliphatic rings. The van der Waals surface area contributed by atoms with Gasteiger partial charge >= 0.3 is 0 Å². The molecule has 2 saturated heterocycles. The van der Waals surface area contributed by atoms with Crippen LogP contribution >= 0.6 is 11.8 Å². The highest BCUT2D eigenvalue weighted by atomic mass is 32.2. The number of nitrogens with zero attached hydrogens (tertiary/aromatic N) is 5. The summed E-state index contributed by atoms with van der Waals surface area (Å²) in [6.45, 7) is 5.16. The summed E-state index contributed by atoms with van der Waals surface area (Å²) in [4.78, 5) is 6.99. The normalized spacial score (nSPS) is 24.4. The molecule has 0 saturated carbocycles. The van der Waals surface area contributed by atoms with Gasteiger partial charge in [-0.15, -0.1) is 10.2 Å². The van der Waals surface area contributed by atoms with E-state index in [0.717, 1.165) is 56.0 Å². The third kappa shape index (κ3) is 4.04. The number of guanidine groups is 1. The fourth-order valence-electron chi connectivity index (χ4n) is 3.78. The van der Waals surface area contributed by atoms with Gasteiger partial charge in [0.25, 0.3) is 0 Å². The molecule has 0 spiro atoms. The van der Waals surface area contributed by atoms with Crippen LogP contribution in [0.15, 0.2) is 29.4 Å². The predicted molar refractivity (Wildman–Crippen MR) is 108 cm³/mol. The second-order valence-electron chi connectivity index (χ2n) is 6.95. The summed E-state index contributed by atoms with van der Waals surface area (Å²) in [6.07, 6.45) is 3.18. The summed E-state index contributed by atoms with van der Waals surface area (Å²) >= 11 is 2.04. The smallest absolute Gasteiger partial charge is 0.191 e. The van der Waals surface area contributed by atoms with Gasteiger partial charge in [0.05, 0.1) is 19.8 Å². The molecule has 27 heavy (non-hydrogen) atoms. The van der Waals surface area contributed by atoms with Gasteiger partial charge in [0.1, 0.15) is 0 Å². The molecule has 1 unspecified atom stereocenters. The van der Waals surface area contributed by atoms with Crippen molar-refractivity contribution in [3.63, 3.8) is 0 Å². The van der Waals surface area contributed by atoms with Crippen LogP contribution in [-0.2, 0) is 11.3 Å². The van der Waals surface area contributed by atoms with E-state index >= 15 is 0 Å². The molecule has 8 nitrogen and oxygen atoms in total. The van der Waals surface area contributed by atoms with Crippen molar-refractivity contribution >= 4 is 23.4 Å². The first-order valence-corrected chi connectivity index (χ1v) is 10.6. The molecule has 0 aromatic carbocycles. The number of ether oxygens (including phenoxy) is 1. The van der Waals surface area contributed by atoms with Crippen molar-refractivity contribution < 1.29 is 4.74 Å². The zero-order valence-electron chi connectivity index (χ0n) is 15.7. The van der Waals surface area contributed by atoms with E-state index in [0.29, 0.717) is 6.54 Å². The van der Waals surface area contributed by atoms with Crippen LogP contribution in [0.5, 0.6) is 0 Å². The maximum atomic E-state index is 5.55. The molecule has 2 fully saturated rings. The quantitative estimate of drug-likeness (QED) is 0.573. The van der Waals surface area contributed by atoms with E-state index in [1.165, 1.54) is 12.2 Å². The first kappa shape index (κ1) is 18.5. The van der Waals surface area contributed by atoms with E-state index in [-0.39, 0.29) is 5.54 Å². The number of morpholine rings is 1. The summed E-state index contributed by atoms with van der Waals surface area (Å²) in [5.74, 6) is 4.04. The van der Waals surface area contributed by atoms with Gasteiger partial charge in [-0.25, -0.2) is 0 Å². The number of hydrogen-bond acceptors (Lipinski definition) is 6. The van der Waals surface area contributed by atoms with Crippen molar-refractivity contribution in [2.24, 2.45) is 4.99 Å². The van der Waals surface area contributed by atoms with E-state index in [9.17, 15) is 0 Å². The Balaban J connectivity index is 1.37. The Morgan fingerprint density at radius 2 is 2.19 bits per heavy atom. The molecule has 4 rings (SSSR count). The third-order valence-electron chi connectivity index (χ3n) is 5.37. The number of aliphatic imine (C=N–C) groups is 1. The maximum Gasteiger partial charge on any atom is 0.191 e. The molecule has 0 radical (unpaired) electrons. The van der Waals surface area contributed by atoms with Crippen LogP contribution in [-0.4, -0.2) is 82.4 Å². The molecule has 9 heteroatoms. The van der Waals surface area contributed by atoms with E-state index < -0.39 is 0 Å². The van der Waals surface area contributed by atoms with Gasteiger partial charge in [0.15, 0.2) is 17.4 Å². The number of nitrogens with one attached hydrogen (secondary N) is 2. The lowest BCUT2D eigenvalue weighted by molar-refractivity contribution is -0.0120. The van der Waals surface area contributed by atoms with Gasteiger partial charge in [0, 0.05) is 44.2 Å². The SMILES string of the molecule is CN=C(NCc1nnc2ccccn12)NCC1(N2CCOCC2)CCSC1. The van der Waals surface area contributed by atoms with E-state index in [1.807, 2.05) is 47.6 Å². The second kappa shape index (κ2) is 8.45.